The van der Waals surface area contributed by atoms with Crippen molar-refractivity contribution in [2.75, 3.05) is 0 Å². The van der Waals surface area contributed by atoms with Gasteiger partial charge in [-0.25, -0.2) is 0 Å². The maximum Gasteiger partial charge on any atom is 0.213 e. The molecule has 0 atom stereocenters. The van der Waals surface area contributed by atoms with Gasteiger partial charge in [-0.3, -0.25) is 9.48 Å². The van der Waals surface area contributed by atoms with Crippen LogP contribution in [0.5, 0.6) is 0 Å². The number of carbonyl (C=O) groups excluding carboxylic acids is 1. The van der Waals surface area contributed by atoms with E-state index in [1.807, 2.05) is 18.2 Å². The summed E-state index contributed by atoms with van der Waals surface area (Å²) in [7, 11) is 1.80. The predicted molar refractivity (Wildman–Crippen MR) is 61.6 cm³/mol. The quantitative estimate of drug-likeness (QED) is 0.734. The molecule has 2 heterocycles. The molecule has 0 spiro atoms. The molecule has 1 aromatic carbocycles. The van der Waals surface area contributed by atoms with E-state index in [9.17, 15) is 4.79 Å². The molecule has 0 radical (unpaired) electrons. The fraction of sp³-hybridized carbons (Fsp3) is 0.231. The van der Waals surface area contributed by atoms with Crippen molar-refractivity contribution >= 4 is 5.78 Å². The average molecular weight is 228 g/mol. The first-order valence-corrected chi connectivity index (χ1v) is 5.48. The Morgan fingerprint density at radius 2 is 2.12 bits per heavy atom. The molecule has 0 saturated heterocycles. The number of nitrogens with zero attached hydrogens (tertiary/aromatic N) is 2. The number of ether oxygens (including phenoxy) is 1. The lowest BCUT2D eigenvalue weighted by atomic mass is 10.0. The van der Waals surface area contributed by atoms with Crippen LogP contribution in [0.2, 0.25) is 0 Å². The summed E-state index contributed by atoms with van der Waals surface area (Å²) in [4.78, 5) is 12.1. The number of benzene rings is 1. The van der Waals surface area contributed by atoms with Crippen molar-refractivity contribution in [2.45, 2.75) is 13.2 Å². The monoisotopic (exact) mass is 228 g/mol. The Morgan fingerprint density at radius 3 is 2.88 bits per heavy atom. The molecule has 0 bridgehead atoms. The van der Waals surface area contributed by atoms with Gasteiger partial charge >= 0.3 is 0 Å². The van der Waals surface area contributed by atoms with Gasteiger partial charge in [0.05, 0.1) is 13.2 Å². The zero-order valence-electron chi connectivity index (χ0n) is 9.51. The van der Waals surface area contributed by atoms with Gasteiger partial charge in [0.1, 0.15) is 5.69 Å². The summed E-state index contributed by atoms with van der Waals surface area (Å²) in [5.74, 6) is -0.0414. The van der Waals surface area contributed by atoms with Crippen LogP contribution in [-0.4, -0.2) is 15.6 Å². The Bertz CT molecular complexity index is 587. The minimum absolute atomic E-state index is 0.0414. The van der Waals surface area contributed by atoms with Crippen molar-refractivity contribution in [1.82, 2.24) is 9.78 Å². The van der Waals surface area contributed by atoms with Gasteiger partial charge < -0.3 is 4.74 Å². The summed E-state index contributed by atoms with van der Waals surface area (Å²) >= 11 is 0. The molecule has 17 heavy (non-hydrogen) atoms. The molecule has 1 aromatic heterocycles. The van der Waals surface area contributed by atoms with Crippen molar-refractivity contribution in [3.8, 4) is 0 Å². The van der Waals surface area contributed by atoms with Crippen LogP contribution in [0.1, 0.15) is 27.2 Å². The van der Waals surface area contributed by atoms with Crippen LogP contribution in [0.25, 0.3) is 0 Å². The van der Waals surface area contributed by atoms with Crippen LogP contribution in [0.4, 0.5) is 0 Å². The lowest BCUT2D eigenvalue weighted by Gasteiger charge is -2.01. The zero-order chi connectivity index (χ0) is 11.8. The van der Waals surface area contributed by atoms with Crippen LogP contribution in [-0.2, 0) is 25.0 Å². The Morgan fingerprint density at radius 1 is 1.29 bits per heavy atom. The molecule has 4 heteroatoms. The van der Waals surface area contributed by atoms with Crippen LogP contribution in [0.3, 0.4) is 0 Å². The maximum atomic E-state index is 12.1. The Kier molecular flexibility index (Phi) is 2.30. The van der Waals surface area contributed by atoms with E-state index in [-0.39, 0.29) is 5.78 Å². The first-order chi connectivity index (χ1) is 8.24. The normalized spacial score (nSPS) is 13.7. The highest BCUT2D eigenvalue weighted by Gasteiger charge is 2.16. The highest BCUT2D eigenvalue weighted by Crippen LogP contribution is 2.21. The van der Waals surface area contributed by atoms with Gasteiger partial charge in [-0.1, -0.05) is 12.1 Å². The SMILES string of the molecule is Cn1ccc(C(=O)c2ccc3c(c2)COC3)n1. The fourth-order valence-electron chi connectivity index (χ4n) is 2.00. The predicted octanol–water partition coefficient (Wildman–Crippen LogP) is 1.68. The lowest BCUT2D eigenvalue weighted by Crippen LogP contribution is -2.04. The van der Waals surface area contributed by atoms with Crippen molar-refractivity contribution in [3.05, 3.63) is 52.8 Å². The van der Waals surface area contributed by atoms with E-state index in [1.165, 1.54) is 5.56 Å². The largest absolute Gasteiger partial charge is 0.372 e. The molecule has 0 amide bonds. The first kappa shape index (κ1) is 10.2. The topological polar surface area (TPSA) is 44.1 Å². The standard InChI is InChI=1S/C13H12N2O2/c1-15-5-4-12(14-15)13(16)9-2-3-10-7-17-8-11(10)6-9/h2-6H,7-8H2,1H3. The molecule has 0 aliphatic carbocycles. The third kappa shape index (κ3) is 1.76. The van der Waals surface area contributed by atoms with E-state index < -0.39 is 0 Å². The molecule has 4 nitrogen and oxygen atoms in total. The molecule has 0 fully saturated rings. The number of hydrogen-bond acceptors (Lipinski definition) is 3. The maximum absolute atomic E-state index is 12.1. The van der Waals surface area contributed by atoms with E-state index in [0.717, 1.165) is 5.56 Å². The average Bonchev–Trinajstić information content (AvgIpc) is 2.95. The van der Waals surface area contributed by atoms with Crippen molar-refractivity contribution in [2.24, 2.45) is 7.05 Å². The number of fused-ring (bicyclic) bond motifs is 1. The minimum Gasteiger partial charge on any atom is -0.372 e. The number of aromatic nitrogens is 2. The fourth-order valence-corrected chi connectivity index (χ4v) is 2.00. The Balaban J connectivity index is 1.97. The van der Waals surface area contributed by atoms with E-state index in [2.05, 4.69) is 5.10 Å². The summed E-state index contributed by atoms with van der Waals surface area (Å²) in [5.41, 5.74) is 3.42. The van der Waals surface area contributed by atoms with E-state index in [1.54, 1.807) is 24.0 Å². The lowest BCUT2D eigenvalue weighted by molar-refractivity contribution is 0.103. The van der Waals surface area contributed by atoms with E-state index in [0.29, 0.717) is 24.5 Å². The molecular formula is C13H12N2O2. The highest BCUT2D eigenvalue weighted by molar-refractivity contribution is 6.07. The van der Waals surface area contributed by atoms with Crippen LogP contribution >= 0.6 is 0 Å². The Hall–Kier alpha value is -1.94. The van der Waals surface area contributed by atoms with Gasteiger partial charge in [-0.2, -0.15) is 5.10 Å². The highest BCUT2D eigenvalue weighted by atomic mass is 16.5. The molecular weight excluding hydrogens is 216 g/mol. The van der Waals surface area contributed by atoms with Gasteiger partial charge in [0.15, 0.2) is 0 Å². The first-order valence-electron chi connectivity index (χ1n) is 5.48. The second-order valence-corrected chi connectivity index (χ2v) is 4.18. The second-order valence-electron chi connectivity index (χ2n) is 4.18. The summed E-state index contributed by atoms with van der Waals surface area (Å²) in [6, 6.07) is 7.43. The number of carbonyl (C=O) groups is 1. The Labute approximate surface area is 98.8 Å². The summed E-state index contributed by atoms with van der Waals surface area (Å²) in [5, 5.41) is 4.12. The molecule has 0 unspecified atom stereocenters. The molecule has 1 aliphatic rings. The molecule has 0 N–H and O–H groups in total. The van der Waals surface area contributed by atoms with Crippen molar-refractivity contribution < 1.29 is 9.53 Å². The molecule has 1 aliphatic heterocycles. The third-order valence-electron chi connectivity index (χ3n) is 2.93. The van der Waals surface area contributed by atoms with Crippen LogP contribution < -0.4 is 0 Å². The number of rotatable bonds is 2. The summed E-state index contributed by atoms with van der Waals surface area (Å²) in [6.07, 6.45) is 1.77. The molecule has 0 saturated carbocycles. The van der Waals surface area contributed by atoms with Gasteiger partial charge in [-0.15, -0.1) is 0 Å². The number of ketones is 1. The molecule has 3 rings (SSSR count). The van der Waals surface area contributed by atoms with Gasteiger partial charge in [0, 0.05) is 18.8 Å². The van der Waals surface area contributed by atoms with Crippen molar-refractivity contribution in [1.29, 1.82) is 0 Å². The molecule has 86 valence electrons. The van der Waals surface area contributed by atoms with Crippen LogP contribution in [0, 0.1) is 0 Å². The molecule has 2 aromatic rings. The number of hydrogen-bond donors (Lipinski definition) is 0. The second kappa shape index (κ2) is 3.82. The van der Waals surface area contributed by atoms with Gasteiger partial charge in [-0.05, 0) is 23.3 Å². The van der Waals surface area contributed by atoms with Gasteiger partial charge in [0.2, 0.25) is 5.78 Å². The summed E-state index contributed by atoms with van der Waals surface area (Å²) < 4.78 is 6.96. The van der Waals surface area contributed by atoms with Crippen molar-refractivity contribution in [3.63, 3.8) is 0 Å². The smallest absolute Gasteiger partial charge is 0.213 e. The number of aryl methyl sites for hydroxylation is 1. The zero-order valence-corrected chi connectivity index (χ0v) is 9.51. The van der Waals surface area contributed by atoms with E-state index >= 15 is 0 Å². The summed E-state index contributed by atoms with van der Waals surface area (Å²) in [6.45, 7) is 1.24. The van der Waals surface area contributed by atoms with Gasteiger partial charge in [0.25, 0.3) is 0 Å². The third-order valence-corrected chi connectivity index (χ3v) is 2.93. The van der Waals surface area contributed by atoms with E-state index in [4.69, 9.17) is 4.74 Å². The minimum atomic E-state index is -0.0414. The van der Waals surface area contributed by atoms with Crippen LogP contribution in [0.15, 0.2) is 30.5 Å².